The molecule has 3 N–H and O–H groups in total. The van der Waals surface area contributed by atoms with Crippen LogP contribution in [0.2, 0.25) is 0 Å². The van der Waals surface area contributed by atoms with Gasteiger partial charge in [0.15, 0.2) is 0 Å². The third kappa shape index (κ3) is 48.5. The summed E-state index contributed by atoms with van der Waals surface area (Å²) in [7, 11) is 1.58. The van der Waals surface area contributed by atoms with E-state index in [9.17, 15) is 19.4 Å². The molecule has 0 aliphatic heterocycles. The topological polar surface area (TPSA) is 105 Å². The maximum absolute atomic E-state index is 13.0. The average molecular weight is 910 g/mol. The number of quaternary nitrogens is 1. The zero-order valence-corrected chi connectivity index (χ0v) is 43.2. The van der Waals surface area contributed by atoms with Crippen LogP contribution in [0.15, 0.2) is 36.5 Å². The lowest BCUT2D eigenvalue weighted by Gasteiger charge is -2.25. The summed E-state index contributed by atoms with van der Waals surface area (Å²) < 4.78 is 23.7. The molecule has 0 aromatic carbocycles. The predicted molar refractivity (Wildman–Crippen MR) is 272 cm³/mol. The molecular weight excluding hydrogens is 804 g/mol. The van der Waals surface area contributed by atoms with Gasteiger partial charge in [0.05, 0.1) is 39.9 Å². The summed E-state index contributed by atoms with van der Waals surface area (Å²) >= 11 is 0. The van der Waals surface area contributed by atoms with E-state index in [0.29, 0.717) is 17.4 Å². The van der Waals surface area contributed by atoms with Crippen LogP contribution in [-0.2, 0) is 18.4 Å². The summed E-state index contributed by atoms with van der Waals surface area (Å²) in [6.45, 7) is 4.74. The first-order valence-corrected chi connectivity index (χ1v) is 28.4. The Hall–Kier alpha value is -1.28. The van der Waals surface area contributed by atoms with Crippen molar-refractivity contribution in [2.45, 2.75) is 264 Å². The largest absolute Gasteiger partial charge is 0.472 e. The quantitative estimate of drug-likeness (QED) is 0.0243. The Balaban J connectivity index is 4.25. The molecule has 0 aromatic rings. The molecule has 0 aliphatic rings. The van der Waals surface area contributed by atoms with Gasteiger partial charge in [0.1, 0.15) is 13.2 Å². The first-order valence-electron chi connectivity index (χ1n) is 26.9. The van der Waals surface area contributed by atoms with Crippen molar-refractivity contribution < 1.29 is 32.9 Å². The number of unbranched alkanes of at least 4 members (excludes halogenated alkanes) is 32. The summed E-state index contributed by atoms with van der Waals surface area (Å²) in [6, 6.07) is -0.845. The van der Waals surface area contributed by atoms with Gasteiger partial charge in [-0.1, -0.05) is 237 Å². The molecule has 0 heterocycles. The summed E-state index contributed by atoms with van der Waals surface area (Å²) in [4.78, 5) is 23.3. The molecule has 3 atom stereocenters. The van der Waals surface area contributed by atoms with Crippen molar-refractivity contribution in [3.8, 4) is 0 Å². The first kappa shape index (κ1) is 61.7. The Morgan fingerprint density at radius 2 is 0.952 bits per heavy atom. The highest BCUT2D eigenvalue weighted by Crippen LogP contribution is 2.43. The Morgan fingerprint density at radius 3 is 1.38 bits per heavy atom. The number of aliphatic hydroxyl groups excluding tert-OH is 1. The molecule has 0 saturated carbocycles. The fourth-order valence-corrected chi connectivity index (χ4v) is 8.64. The lowest BCUT2D eigenvalue weighted by atomic mass is 10.0. The molecule has 372 valence electrons. The number of rotatable bonds is 49. The number of nitrogens with zero attached hydrogens (tertiary/aromatic N) is 1. The minimum Gasteiger partial charge on any atom is -0.387 e. The normalized spacial score (nSPS) is 14.3. The molecule has 8 nitrogen and oxygen atoms in total. The second kappa shape index (κ2) is 45.9. The lowest BCUT2D eigenvalue weighted by molar-refractivity contribution is -0.870. The van der Waals surface area contributed by atoms with Gasteiger partial charge in [-0.15, -0.1) is 0 Å². The van der Waals surface area contributed by atoms with Crippen LogP contribution < -0.4 is 5.32 Å². The van der Waals surface area contributed by atoms with E-state index in [1.165, 1.54) is 180 Å². The number of amides is 1. The molecule has 0 bridgehead atoms. The van der Waals surface area contributed by atoms with Crippen LogP contribution in [0.25, 0.3) is 0 Å². The van der Waals surface area contributed by atoms with E-state index in [4.69, 9.17) is 9.05 Å². The van der Waals surface area contributed by atoms with Crippen molar-refractivity contribution >= 4 is 13.7 Å². The fraction of sp³-hybridized carbons (Fsp3) is 0.870. The van der Waals surface area contributed by atoms with Gasteiger partial charge in [-0.2, -0.15) is 0 Å². The number of allylic oxidation sites excluding steroid dienone is 5. The maximum Gasteiger partial charge on any atom is 0.472 e. The van der Waals surface area contributed by atoms with Gasteiger partial charge in [-0.05, 0) is 44.9 Å². The number of hydrogen-bond acceptors (Lipinski definition) is 5. The molecule has 0 radical (unpaired) electrons. The van der Waals surface area contributed by atoms with Gasteiger partial charge in [0.2, 0.25) is 5.91 Å². The van der Waals surface area contributed by atoms with Crippen LogP contribution in [0, 0.1) is 0 Å². The Labute approximate surface area is 391 Å². The monoisotopic (exact) mass is 910 g/mol. The van der Waals surface area contributed by atoms with E-state index in [1.54, 1.807) is 6.08 Å². The molecule has 0 fully saturated rings. The maximum atomic E-state index is 13.0. The SMILES string of the molecule is CC/C=C\C/C=C\CCCCCCCCCCCCCCCCC(=O)NC(COP(=O)(O)OCC[N+](C)(C)C)C(O)/C=C/CCCCCCCCCCCCCCCCCCCC. The summed E-state index contributed by atoms with van der Waals surface area (Å²) in [5, 5.41) is 13.9. The first-order chi connectivity index (χ1) is 30.5. The molecule has 0 saturated heterocycles. The summed E-state index contributed by atoms with van der Waals surface area (Å²) in [5.41, 5.74) is 0. The Kier molecular flexibility index (Phi) is 44.9. The van der Waals surface area contributed by atoms with E-state index >= 15 is 0 Å². The van der Waals surface area contributed by atoms with Crippen molar-refractivity contribution in [2.24, 2.45) is 0 Å². The second-order valence-corrected chi connectivity index (χ2v) is 21.0. The number of nitrogens with one attached hydrogen (secondary N) is 1. The van der Waals surface area contributed by atoms with Gasteiger partial charge in [-0.25, -0.2) is 4.57 Å². The second-order valence-electron chi connectivity index (χ2n) is 19.6. The molecule has 0 aliphatic carbocycles. The van der Waals surface area contributed by atoms with E-state index in [1.807, 2.05) is 27.2 Å². The number of aliphatic hydroxyl groups is 1. The third-order valence-electron chi connectivity index (χ3n) is 12.1. The number of hydrogen-bond donors (Lipinski definition) is 3. The number of carbonyl (C=O) groups excluding carboxylic acids is 1. The summed E-state index contributed by atoms with van der Waals surface area (Å²) in [6.07, 6.45) is 58.0. The van der Waals surface area contributed by atoms with Gasteiger partial charge in [-0.3, -0.25) is 13.8 Å². The highest BCUT2D eigenvalue weighted by molar-refractivity contribution is 7.47. The highest BCUT2D eigenvalue weighted by atomic mass is 31.2. The van der Waals surface area contributed by atoms with E-state index < -0.39 is 20.0 Å². The predicted octanol–water partition coefficient (Wildman–Crippen LogP) is 15.8. The number of carbonyl (C=O) groups is 1. The van der Waals surface area contributed by atoms with E-state index in [-0.39, 0.29) is 19.1 Å². The van der Waals surface area contributed by atoms with Crippen LogP contribution in [0.5, 0.6) is 0 Å². The minimum absolute atomic E-state index is 0.0623. The Morgan fingerprint density at radius 1 is 0.556 bits per heavy atom. The molecule has 9 heteroatoms. The van der Waals surface area contributed by atoms with Crippen molar-refractivity contribution in [1.82, 2.24) is 5.32 Å². The third-order valence-corrected chi connectivity index (χ3v) is 13.1. The zero-order valence-electron chi connectivity index (χ0n) is 42.3. The average Bonchev–Trinajstić information content (AvgIpc) is 3.24. The lowest BCUT2D eigenvalue weighted by Crippen LogP contribution is -2.45. The molecule has 63 heavy (non-hydrogen) atoms. The molecule has 1 amide bonds. The number of phosphoric ester groups is 1. The van der Waals surface area contributed by atoms with Gasteiger partial charge < -0.3 is 19.8 Å². The van der Waals surface area contributed by atoms with Crippen LogP contribution in [-0.4, -0.2) is 73.4 Å². The van der Waals surface area contributed by atoms with Gasteiger partial charge in [0.25, 0.3) is 0 Å². The highest BCUT2D eigenvalue weighted by Gasteiger charge is 2.27. The van der Waals surface area contributed by atoms with Crippen LogP contribution >= 0.6 is 7.82 Å². The van der Waals surface area contributed by atoms with Crippen LogP contribution in [0.3, 0.4) is 0 Å². The van der Waals surface area contributed by atoms with Gasteiger partial charge >= 0.3 is 7.82 Å². The number of phosphoric acid groups is 1. The van der Waals surface area contributed by atoms with E-state index in [2.05, 4.69) is 43.5 Å². The molecular formula is C54H106N2O6P+. The van der Waals surface area contributed by atoms with Gasteiger partial charge in [0, 0.05) is 6.42 Å². The summed E-state index contributed by atoms with van der Waals surface area (Å²) in [5.74, 6) is -0.175. The van der Waals surface area contributed by atoms with Crippen molar-refractivity contribution in [2.75, 3.05) is 40.9 Å². The molecule has 3 unspecified atom stereocenters. The zero-order chi connectivity index (χ0) is 46.4. The smallest absolute Gasteiger partial charge is 0.387 e. The van der Waals surface area contributed by atoms with Crippen LogP contribution in [0.1, 0.15) is 251 Å². The van der Waals surface area contributed by atoms with Crippen molar-refractivity contribution in [3.05, 3.63) is 36.5 Å². The number of likely N-dealkylation sites (N-methyl/N-ethyl adjacent to an activating group) is 1. The molecule has 0 rings (SSSR count). The molecule has 0 spiro atoms. The van der Waals surface area contributed by atoms with Crippen LogP contribution in [0.4, 0.5) is 0 Å². The fourth-order valence-electron chi connectivity index (χ4n) is 7.90. The molecule has 0 aromatic heterocycles. The minimum atomic E-state index is -4.34. The van der Waals surface area contributed by atoms with E-state index in [0.717, 1.165) is 51.4 Å². The van der Waals surface area contributed by atoms with Crippen molar-refractivity contribution in [1.29, 1.82) is 0 Å². The standard InChI is InChI=1S/C54H105N2O6P/c1-6-8-10-12-14-16-18-20-22-24-26-28-30-32-34-36-38-40-42-44-46-48-54(58)55-52(51-62-63(59,60)61-50-49-56(3,4)5)53(57)47-45-43-41-39-37-35-33-31-29-27-25-23-21-19-17-15-13-11-9-7-2/h8,10,14,16,45,47,52-53,57H,6-7,9,11-13,15,17-44,46,48-51H2,1-5H3,(H-,55,58,59,60)/p+1/b10-8-,16-14-,47-45+. The Bertz CT molecular complexity index is 1120. The van der Waals surface area contributed by atoms with Crippen molar-refractivity contribution in [3.63, 3.8) is 0 Å².